The number of thioether (sulfide) groups is 1. The van der Waals surface area contributed by atoms with Crippen molar-refractivity contribution in [1.29, 1.82) is 0 Å². The number of carbonyl (C=O) groups is 3. The van der Waals surface area contributed by atoms with Gasteiger partial charge in [0.1, 0.15) is 0 Å². The van der Waals surface area contributed by atoms with Crippen LogP contribution in [0.15, 0.2) is 58.2 Å². The maximum Gasteiger partial charge on any atom is 0.277 e. The van der Waals surface area contributed by atoms with Gasteiger partial charge >= 0.3 is 0 Å². The monoisotopic (exact) mass is 485 g/mol. The van der Waals surface area contributed by atoms with Gasteiger partial charge in [-0.25, -0.2) is 0 Å². The van der Waals surface area contributed by atoms with E-state index in [2.05, 4.69) is 20.8 Å². The van der Waals surface area contributed by atoms with E-state index < -0.39 is 0 Å². The van der Waals surface area contributed by atoms with Crippen LogP contribution in [-0.4, -0.2) is 58.2 Å². The highest BCUT2D eigenvalue weighted by Gasteiger charge is 2.22. The average molecular weight is 486 g/mol. The van der Waals surface area contributed by atoms with Gasteiger partial charge in [-0.1, -0.05) is 35.5 Å². The maximum absolute atomic E-state index is 12.5. The number of piperazine rings is 1. The van der Waals surface area contributed by atoms with Crippen LogP contribution in [0, 0.1) is 0 Å². The third-order valence-corrected chi connectivity index (χ3v) is 5.91. The molecular weight excluding hydrogens is 466 g/mol. The summed E-state index contributed by atoms with van der Waals surface area (Å²) in [5, 5.41) is 14.4. The molecule has 3 aromatic rings. The van der Waals surface area contributed by atoms with Crippen molar-refractivity contribution < 1.29 is 18.8 Å². The number of nitrogens with one attached hydrogen (secondary N) is 2. The minimum absolute atomic E-state index is 0.0650. The van der Waals surface area contributed by atoms with Gasteiger partial charge in [-0.3, -0.25) is 14.4 Å². The van der Waals surface area contributed by atoms with Gasteiger partial charge in [-0.05, 0) is 42.0 Å². The Morgan fingerprint density at radius 1 is 1.12 bits per heavy atom. The molecule has 1 aromatic heterocycles. The van der Waals surface area contributed by atoms with Gasteiger partial charge in [-0.2, -0.15) is 0 Å². The third-order valence-electron chi connectivity index (χ3n) is 4.84. The Bertz CT molecular complexity index is 1150. The second kappa shape index (κ2) is 10.5. The summed E-state index contributed by atoms with van der Waals surface area (Å²) in [6.45, 7) is 1.33. The lowest BCUT2D eigenvalue weighted by Crippen LogP contribution is -2.49. The fourth-order valence-corrected chi connectivity index (χ4v) is 3.83. The zero-order valence-electron chi connectivity index (χ0n) is 17.4. The lowest BCUT2D eigenvalue weighted by Gasteiger charge is -2.26. The first-order valence-corrected chi connectivity index (χ1v) is 11.5. The molecule has 1 aliphatic rings. The van der Waals surface area contributed by atoms with Crippen molar-refractivity contribution in [2.45, 2.75) is 11.8 Å². The van der Waals surface area contributed by atoms with E-state index in [4.69, 9.17) is 16.0 Å². The lowest BCUT2D eigenvalue weighted by molar-refractivity contribution is -0.123. The van der Waals surface area contributed by atoms with Crippen LogP contribution in [0.4, 0.5) is 0 Å². The molecule has 0 bridgehead atoms. The molecule has 1 saturated heterocycles. The number of carbonyl (C=O) groups excluding carboxylic acids is 3. The second-order valence-corrected chi connectivity index (χ2v) is 8.58. The van der Waals surface area contributed by atoms with Crippen LogP contribution in [0.25, 0.3) is 11.5 Å². The SMILES string of the molecule is O=C(CSc1nnc(-c2ccc(Cl)cc2)o1)NCc1ccc(C(=O)N2CCNC(=O)C2)cc1. The molecule has 0 atom stereocenters. The molecular formula is C22H20ClN5O4S. The largest absolute Gasteiger partial charge is 0.411 e. The van der Waals surface area contributed by atoms with Gasteiger partial charge in [-0.15, -0.1) is 10.2 Å². The Balaban J connectivity index is 1.23. The molecule has 11 heteroatoms. The fraction of sp³-hybridized carbons (Fsp3) is 0.227. The highest BCUT2D eigenvalue weighted by atomic mass is 35.5. The first-order chi connectivity index (χ1) is 16.0. The first kappa shape index (κ1) is 22.8. The number of amides is 3. The van der Waals surface area contributed by atoms with Gasteiger partial charge in [0.2, 0.25) is 17.7 Å². The van der Waals surface area contributed by atoms with Crippen molar-refractivity contribution in [3.63, 3.8) is 0 Å². The Morgan fingerprint density at radius 3 is 2.61 bits per heavy atom. The summed E-state index contributed by atoms with van der Waals surface area (Å²) >= 11 is 7.02. The number of halogens is 1. The van der Waals surface area contributed by atoms with Crippen LogP contribution >= 0.6 is 23.4 Å². The summed E-state index contributed by atoms with van der Waals surface area (Å²) in [7, 11) is 0. The van der Waals surface area contributed by atoms with Gasteiger partial charge in [0, 0.05) is 35.8 Å². The smallest absolute Gasteiger partial charge is 0.277 e. The molecule has 3 amide bonds. The number of rotatable bonds is 7. The van der Waals surface area contributed by atoms with Gasteiger partial charge in [0.05, 0.1) is 12.3 Å². The molecule has 9 nitrogen and oxygen atoms in total. The van der Waals surface area contributed by atoms with Gasteiger partial charge in [0.25, 0.3) is 11.1 Å². The van der Waals surface area contributed by atoms with Crippen LogP contribution in [0.5, 0.6) is 0 Å². The van der Waals surface area contributed by atoms with E-state index in [9.17, 15) is 14.4 Å². The molecule has 2 aromatic carbocycles. The predicted molar refractivity (Wildman–Crippen MR) is 123 cm³/mol. The summed E-state index contributed by atoms with van der Waals surface area (Å²) in [4.78, 5) is 37.7. The number of hydrogen-bond donors (Lipinski definition) is 2. The van der Waals surface area contributed by atoms with E-state index >= 15 is 0 Å². The van der Waals surface area contributed by atoms with Gasteiger partial charge < -0.3 is 20.0 Å². The van der Waals surface area contributed by atoms with E-state index in [1.807, 2.05) is 0 Å². The Morgan fingerprint density at radius 2 is 1.88 bits per heavy atom. The second-order valence-electron chi connectivity index (χ2n) is 7.22. The summed E-state index contributed by atoms with van der Waals surface area (Å²) in [6, 6.07) is 14.0. The molecule has 0 aliphatic carbocycles. The molecule has 0 unspecified atom stereocenters. The van der Waals surface area contributed by atoms with Crippen molar-refractivity contribution in [2.75, 3.05) is 25.4 Å². The van der Waals surface area contributed by atoms with Crippen molar-refractivity contribution in [2.24, 2.45) is 0 Å². The highest BCUT2D eigenvalue weighted by Crippen LogP contribution is 2.24. The standard InChI is InChI=1S/C22H20ClN5O4S/c23-17-7-5-15(6-8-17)20-26-27-22(32-20)33-13-19(30)25-11-14-1-3-16(4-2-14)21(31)28-10-9-24-18(29)12-28/h1-8H,9-13H2,(H,24,29)(H,25,30). The lowest BCUT2D eigenvalue weighted by atomic mass is 10.1. The van der Waals surface area contributed by atoms with E-state index in [1.165, 1.54) is 4.90 Å². The topological polar surface area (TPSA) is 117 Å². The molecule has 0 spiro atoms. The molecule has 4 rings (SSSR count). The summed E-state index contributed by atoms with van der Waals surface area (Å²) < 4.78 is 5.57. The Labute approximate surface area is 198 Å². The van der Waals surface area contributed by atoms with Crippen molar-refractivity contribution >= 4 is 41.1 Å². The minimum Gasteiger partial charge on any atom is -0.411 e. The third kappa shape index (κ3) is 6.11. The normalized spacial score (nSPS) is 13.5. The van der Waals surface area contributed by atoms with E-state index in [0.717, 1.165) is 22.9 Å². The summed E-state index contributed by atoms with van der Waals surface area (Å²) in [6.07, 6.45) is 0. The Hall–Kier alpha value is -3.37. The maximum atomic E-state index is 12.5. The van der Waals surface area contributed by atoms with E-state index in [0.29, 0.717) is 41.3 Å². The van der Waals surface area contributed by atoms with Crippen molar-refractivity contribution in [3.05, 3.63) is 64.7 Å². The van der Waals surface area contributed by atoms with Gasteiger partial charge in [0.15, 0.2) is 0 Å². The number of aromatic nitrogens is 2. The molecule has 1 fully saturated rings. The van der Waals surface area contributed by atoms with Crippen LogP contribution in [0.2, 0.25) is 5.02 Å². The Kier molecular flexibility index (Phi) is 7.26. The zero-order chi connectivity index (χ0) is 23.2. The zero-order valence-corrected chi connectivity index (χ0v) is 19.0. The molecule has 170 valence electrons. The molecule has 33 heavy (non-hydrogen) atoms. The van der Waals surface area contributed by atoms with Crippen LogP contribution in [0.3, 0.4) is 0 Å². The van der Waals surface area contributed by atoms with Crippen molar-refractivity contribution in [3.8, 4) is 11.5 Å². The number of benzene rings is 2. The van der Waals surface area contributed by atoms with E-state index in [-0.39, 0.29) is 30.0 Å². The summed E-state index contributed by atoms with van der Waals surface area (Å²) in [5.74, 6) is -0.0569. The molecule has 2 heterocycles. The first-order valence-electron chi connectivity index (χ1n) is 10.1. The number of hydrogen-bond acceptors (Lipinski definition) is 7. The van der Waals surface area contributed by atoms with Crippen LogP contribution in [0.1, 0.15) is 15.9 Å². The summed E-state index contributed by atoms with van der Waals surface area (Å²) in [5.41, 5.74) is 2.10. The molecule has 0 saturated carbocycles. The fourth-order valence-electron chi connectivity index (χ4n) is 3.12. The van der Waals surface area contributed by atoms with E-state index in [1.54, 1.807) is 48.5 Å². The highest BCUT2D eigenvalue weighted by molar-refractivity contribution is 7.99. The minimum atomic E-state index is -0.189. The van der Waals surface area contributed by atoms with Crippen LogP contribution in [-0.2, 0) is 16.1 Å². The quantitative estimate of drug-likeness (QED) is 0.493. The molecule has 1 aliphatic heterocycles. The van der Waals surface area contributed by atoms with Crippen LogP contribution < -0.4 is 10.6 Å². The molecule has 0 radical (unpaired) electrons. The average Bonchev–Trinajstić information content (AvgIpc) is 3.31. The predicted octanol–water partition coefficient (Wildman–Crippen LogP) is 2.37. The molecule has 2 N–H and O–H groups in total. The van der Waals surface area contributed by atoms with Crippen molar-refractivity contribution in [1.82, 2.24) is 25.7 Å². The number of nitrogens with zero attached hydrogens (tertiary/aromatic N) is 3.